The van der Waals surface area contributed by atoms with Crippen LogP contribution in [-0.2, 0) is 29.2 Å². The summed E-state index contributed by atoms with van der Waals surface area (Å²) in [6.07, 6.45) is -0.351. The quantitative estimate of drug-likeness (QED) is 0.261. The third-order valence-electron chi connectivity index (χ3n) is 6.09. The van der Waals surface area contributed by atoms with Crippen LogP contribution in [0.1, 0.15) is 35.2 Å². The van der Waals surface area contributed by atoms with Crippen LogP contribution in [-0.4, -0.2) is 18.0 Å². The first-order valence-corrected chi connectivity index (χ1v) is 12.6. The summed E-state index contributed by atoms with van der Waals surface area (Å²) >= 11 is 0. The maximum Gasteiger partial charge on any atom is 0.408 e. The lowest BCUT2D eigenvalue weighted by Crippen LogP contribution is -2.48. The molecule has 0 saturated heterocycles. The molecule has 0 bridgehead atoms. The largest absolute Gasteiger partial charge is 0.489 e. The molecule has 0 spiro atoms. The lowest BCUT2D eigenvalue weighted by Gasteiger charge is -2.22. The molecule has 0 aliphatic rings. The second-order valence-electron chi connectivity index (χ2n) is 9.02. The van der Waals surface area contributed by atoms with Gasteiger partial charge in [0.1, 0.15) is 25.0 Å². The predicted octanol–water partition coefficient (Wildman–Crippen LogP) is 5.98. The predicted molar refractivity (Wildman–Crippen MR) is 147 cm³/mol. The lowest BCUT2D eigenvalue weighted by molar-refractivity contribution is -0.123. The highest BCUT2D eigenvalue weighted by Crippen LogP contribution is 2.17. The molecule has 2 atom stereocenters. The van der Waals surface area contributed by atoms with Gasteiger partial charge in [0.15, 0.2) is 0 Å². The Labute approximate surface area is 223 Å². The standard InChI is InChI=1S/C32H32N2O4/c1-24(28-15-9-4-10-16-28)33-31(35)30(34-32(36)38-23-27-13-7-3-8-14-27)21-25-17-19-29(20-18-25)37-22-26-11-5-2-6-12-26/h2-20,24,30H,21-23H2,1H3,(H,33,35)(H,34,36)/t24-,30-/m0/s1. The van der Waals surface area contributed by atoms with E-state index in [0.29, 0.717) is 13.0 Å². The van der Waals surface area contributed by atoms with Crippen LogP contribution < -0.4 is 15.4 Å². The fourth-order valence-electron chi connectivity index (χ4n) is 3.95. The van der Waals surface area contributed by atoms with Crippen molar-refractivity contribution < 1.29 is 19.1 Å². The number of carbonyl (C=O) groups excluding carboxylic acids is 2. The molecule has 0 unspecified atom stereocenters. The summed E-state index contributed by atoms with van der Waals surface area (Å²) in [7, 11) is 0. The lowest BCUT2D eigenvalue weighted by atomic mass is 10.0. The highest BCUT2D eigenvalue weighted by atomic mass is 16.5. The van der Waals surface area contributed by atoms with Crippen molar-refractivity contribution in [1.29, 1.82) is 0 Å². The van der Waals surface area contributed by atoms with E-state index in [2.05, 4.69) is 10.6 Å². The normalized spacial score (nSPS) is 12.1. The zero-order chi connectivity index (χ0) is 26.6. The van der Waals surface area contributed by atoms with Gasteiger partial charge in [-0.3, -0.25) is 4.79 Å². The molecule has 194 valence electrons. The second-order valence-corrected chi connectivity index (χ2v) is 9.02. The van der Waals surface area contributed by atoms with E-state index in [1.165, 1.54) is 0 Å². The van der Waals surface area contributed by atoms with Gasteiger partial charge in [0, 0.05) is 6.42 Å². The van der Waals surface area contributed by atoms with Gasteiger partial charge in [-0.15, -0.1) is 0 Å². The number of hydrogen-bond donors (Lipinski definition) is 2. The molecule has 0 heterocycles. The topological polar surface area (TPSA) is 76.7 Å². The highest BCUT2D eigenvalue weighted by Gasteiger charge is 2.24. The van der Waals surface area contributed by atoms with Crippen molar-refractivity contribution >= 4 is 12.0 Å². The minimum atomic E-state index is -0.819. The summed E-state index contributed by atoms with van der Waals surface area (Å²) in [6.45, 7) is 2.50. The van der Waals surface area contributed by atoms with Crippen molar-refractivity contribution in [3.8, 4) is 5.75 Å². The molecule has 0 saturated carbocycles. The second kappa shape index (κ2) is 13.7. The number of carbonyl (C=O) groups is 2. The summed E-state index contributed by atoms with van der Waals surface area (Å²) in [5.74, 6) is 0.439. The molecule has 0 aromatic heterocycles. The minimum Gasteiger partial charge on any atom is -0.489 e. The van der Waals surface area contributed by atoms with E-state index in [-0.39, 0.29) is 18.6 Å². The van der Waals surface area contributed by atoms with Gasteiger partial charge in [-0.2, -0.15) is 0 Å². The summed E-state index contributed by atoms with van der Waals surface area (Å²) in [4.78, 5) is 25.9. The van der Waals surface area contributed by atoms with Gasteiger partial charge in [-0.05, 0) is 41.3 Å². The van der Waals surface area contributed by atoms with E-state index >= 15 is 0 Å². The van der Waals surface area contributed by atoms with Gasteiger partial charge in [-0.25, -0.2) is 4.79 Å². The maximum atomic E-state index is 13.3. The first-order valence-electron chi connectivity index (χ1n) is 12.6. The van der Waals surface area contributed by atoms with Crippen LogP contribution in [0.2, 0.25) is 0 Å². The van der Waals surface area contributed by atoms with Crippen LogP contribution in [0.5, 0.6) is 5.75 Å². The molecule has 2 N–H and O–H groups in total. The van der Waals surface area contributed by atoms with Crippen molar-refractivity contribution in [2.24, 2.45) is 0 Å². The van der Waals surface area contributed by atoms with E-state index in [1.54, 1.807) is 0 Å². The van der Waals surface area contributed by atoms with E-state index in [0.717, 1.165) is 28.0 Å². The smallest absolute Gasteiger partial charge is 0.408 e. The van der Waals surface area contributed by atoms with Gasteiger partial charge in [0.2, 0.25) is 5.91 Å². The molecule has 6 nitrogen and oxygen atoms in total. The van der Waals surface area contributed by atoms with Crippen LogP contribution in [0.3, 0.4) is 0 Å². The molecule has 38 heavy (non-hydrogen) atoms. The third-order valence-corrected chi connectivity index (χ3v) is 6.09. The number of hydrogen-bond acceptors (Lipinski definition) is 4. The highest BCUT2D eigenvalue weighted by molar-refractivity contribution is 5.86. The van der Waals surface area contributed by atoms with Gasteiger partial charge in [0.25, 0.3) is 0 Å². The SMILES string of the molecule is C[C@H](NC(=O)[C@H](Cc1ccc(OCc2ccccc2)cc1)NC(=O)OCc1ccccc1)c1ccccc1. The summed E-state index contributed by atoms with van der Waals surface area (Å²) in [5, 5.41) is 5.76. The number of alkyl carbamates (subject to hydrolysis) is 1. The van der Waals surface area contributed by atoms with Gasteiger partial charge in [0.05, 0.1) is 6.04 Å². The molecule has 0 aliphatic carbocycles. The fourth-order valence-corrected chi connectivity index (χ4v) is 3.95. The molecule has 0 radical (unpaired) electrons. The molecular weight excluding hydrogens is 476 g/mol. The first kappa shape index (κ1) is 26.5. The molecule has 2 amide bonds. The molecule has 0 aliphatic heterocycles. The third kappa shape index (κ3) is 8.23. The first-order chi connectivity index (χ1) is 18.6. The molecule has 4 aromatic rings. The Morgan fingerprint density at radius 1 is 0.658 bits per heavy atom. The van der Waals surface area contributed by atoms with Crippen molar-refractivity contribution in [2.45, 2.75) is 38.6 Å². The molecule has 4 aromatic carbocycles. The van der Waals surface area contributed by atoms with Crippen LogP contribution in [0.15, 0.2) is 115 Å². The van der Waals surface area contributed by atoms with E-state index in [4.69, 9.17) is 9.47 Å². The van der Waals surface area contributed by atoms with Gasteiger partial charge in [-0.1, -0.05) is 103 Å². The Bertz CT molecular complexity index is 1280. The molecule has 0 fully saturated rings. The molecular formula is C32H32N2O4. The van der Waals surface area contributed by atoms with E-state index < -0.39 is 12.1 Å². The summed E-state index contributed by atoms with van der Waals surface area (Å²) in [6, 6.07) is 35.5. The van der Waals surface area contributed by atoms with Crippen LogP contribution >= 0.6 is 0 Å². The zero-order valence-corrected chi connectivity index (χ0v) is 21.4. The van der Waals surface area contributed by atoms with Crippen LogP contribution in [0.4, 0.5) is 4.79 Å². The van der Waals surface area contributed by atoms with Crippen LogP contribution in [0, 0.1) is 0 Å². The van der Waals surface area contributed by atoms with Crippen molar-refractivity contribution in [1.82, 2.24) is 10.6 Å². The Kier molecular flexibility index (Phi) is 9.51. The Balaban J connectivity index is 1.39. The van der Waals surface area contributed by atoms with Gasteiger partial charge >= 0.3 is 6.09 Å². The fraction of sp³-hybridized carbons (Fsp3) is 0.188. The average molecular weight is 509 g/mol. The Morgan fingerprint density at radius 3 is 1.82 bits per heavy atom. The number of benzene rings is 4. The molecule has 6 heteroatoms. The monoisotopic (exact) mass is 508 g/mol. The number of ether oxygens (including phenoxy) is 2. The van der Waals surface area contributed by atoms with Gasteiger partial charge < -0.3 is 20.1 Å². The summed E-state index contributed by atoms with van der Waals surface area (Å²) < 4.78 is 11.2. The zero-order valence-electron chi connectivity index (χ0n) is 21.4. The summed E-state index contributed by atoms with van der Waals surface area (Å²) in [5.41, 5.74) is 3.81. The molecule has 4 rings (SSSR count). The number of rotatable bonds is 11. The van der Waals surface area contributed by atoms with E-state index in [9.17, 15) is 9.59 Å². The average Bonchev–Trinajstić information content (AvgIpc) is 2.97. The Hall–Kier alpha value is -4.58. The number of amides is 2. The minimum absolute atomic E-state index is 0.120. The Morgan fingerprint density at radius 2 is 1.21 bits per heavy atom. The van der Waals surface area contributed by atoms with Crippen molar-refractivity contribution in [2.75, 3.05) is 0 Å². The number of nitrogens with one attached hydrogen (secondary N) is 2. The maximum absolute atomic E-state index is 13.3. The van der Waals surface area contributed by atoms with Crippen molar-refractivity contribution in [3.63, 3.8) is 0 Å². The van der Waals surface area contributed by atoms with E-state index in [1.807, 2.05) is 122 Å². The van der Waals surface area contributed by atoms with Crippen molar-refractivity contribution in [3.05, 3.63) is 138 Å². The van der Waals surface area contributed by atoms with Crippen LogP contribution in [0.25, 0.3) is 0 Å².